The van der Waals surface area contributed by atoms with Crippen LogP contribution in [0.4, 0.5) is 0 Å². The van der Waals surface area contributed by atoms with E-state index in [1.807, 2.05) is 13.8 Å². The monoisotopic (exact) mass is 183 g/mol. The van der Waals surface area contributed by atoms with Gasteiger partial charge in [0.1, 0.15) is 0 Å². The lowest BCUT2D eigenvalue weighted by molar-refractivity contribution is -0.123. The molecule has 1 aliphatic rings. The zero-order chi connectivity index (χ0) is 9.90. The van der Waals surface area contributed by atoms with Crippen molar-refractivity contribution in [2.75, 3.05) is 6.54 Å². The zero-order valence-corrected chi connectivity index (χ0v) is 9.02. The second kappa shape index (κ2) is 4.12. The molecule has 1 N–H and O–H groups in total. The Morgan fingerprint density at radius 2 is 2.08 bits per heavy atom. The summed E-state index contributed by atoms with van der Waals surface area (Å²) < 4.78 is 0. The quantitative estimate of drug-likeness (QED) is 0.651. The fourth-order valence-electron chi connectivity index (χ4n) is 1.39. The average Bonchev–Trinajstić information content (AvgIpc) is 2.78. The highest BCUT2D eigenvalue weighted by Gasteiger charge is 2.35. The van der Waals surface area contributed by atoms with Gasteiger partial charge in [-0.3, -0.25) is 4.79 Å². The predicted molar refractivity (Wildman–Crippen MR) is 54.4 cm³/mol. The van der Waals surface area contributed by atoms with E-state index < -0.39 is 0 Å². The molecule has 0 aromatic carbocycles. The van der Waals surface area contributed by atoms with Crippen LogP contribution in [0, 0.1) is 11.3 Å². The predicted octanol–water partition coefficient (Wildman–Crippen LogP) is 2.34. The van der Waals surface area contributed by atoms with Gasteiger partial charge in [0.2, 0.25) is 5.91 Å². The van der Waals surface area contributed by atoms with Crippen LogP contribution in [0.25, 0.3) is 0 Å². The van der Waals surface area contributed by atoms with Gasteiger partial charge in [-0.05, 0) is 31.1 Å². The number of amides is 1. The molecule has 0 bridgehead atoms. The maximum absolute atomic E-state index is 11.2. The highest BCUT2D eigenvalue weighted by atomic mass is 16.1. The molecular formula is C11H21NO. The third kappa shape index (κ3) is 3.79. The first kappa shape index (κ1) is 10.6. The summed E-state index contributed by atoms with van der Waals surface area (Å²) in [5, 5.41) is 2.94. The van der Waals surface area contributed by atoms with Gasteiger partial charge < -0.3 is 5.32 Å². The summed E-state index contributed by atoms with van der Waals surface area (Å²) in [5.74, 6) is 0.303. The van der Waals surface area contributed by atoms with E-state index in [1.54, 1.807) is 0 Å². The number of carbonyl (C=O) groups excluding carboxylic acids is 1. The first-order valence-electron chi connectivity index (χ1n) is 5.31. The van der Waals surface area contributed by atoms with Crippen LogP contribution < -0.4 is 5.32 Å². The van der Waals surface area contributed by atoms with Crippen LogP contribution in [-0.2, 0) is 4.79 Å². The van der Waals surface area contributed by atoms with E-state index in [9.17, 15) is 4.79 Å². The van der Waals surface area contributed by atoms with E-state index in [4.69, 9.17) is 0 Å². The molecule has 1 rings (SSSR count). The molecule has 0 aromatic heterocycles. The Bertz CT molecular complexity index is 183. The van der Waals surface area contributed by atoms with E-state index in [-0.39, 0.29) is 11.8 Å². The number of hydrogen-bond donors (Lipinski definition) is 1. The SMILES string of the molecule is CC(C)C(=O)NCCCC1(C)CC1. The third-order valence-corrected chi connectivity index (χ3v) is 2.88. The highest BCUT2D eigenvalue weighted by Crippen LogP contribution is 2.48. The van der Waals surface area contributed by atoms with Crippen molar-refractivity contribution in [2.45, 2.75) is 46.5 Å². The van der Waals surface area contributed by atoms with Crippen molar-refractivity contribution in [2.24, 2.45) is 11.3 Å². The fourth-order valence-corrected chi connectivity index (χ4v) is 1.39. The van der Waals surface area contributed by atoms with Crippen LogP contribution >= 0.6 is 0 Å². The van der Waals surface area contributed by atoms with Gasteiger partial charge in [-0.1, -0.05) is 20.8 Å². The third-order valence-electron chi connectivity index (χ3n) is 2.88. The minimum absolute atomic E-state index is 0.122. The minimum Gasteiger partial charge on any atom is -0.356 e. The summed E-state index contributed by atoms with van der Waals surface area (Å²) in [7, 11) is 0. The van der Waals surface area contributed by atoms with Crippen molar-refractivity contribution in [3.63, 3.8) is 0 Å². The zero-order valence-electron chi connectivity index (χ0n) is 9.02. The first-order valence-corrected chi connectivity index (χ1v) is 5.31. The lowest BCUT2D eigenvalue weighted by atomic mass is 10.0. The molecule has 0 spiro atoms. The Morgan fingerprint density at radius 3 is 2.54 bits per heavy atom. The van der Waals surface area contributed by atoms with Gasteiger partial charge in [0.15, 0.2) is 0 Å². The molecular weight excluding hydrogens is 162 g/mol. The van der Waals surface area contributed by atoms with Crippen molar-refractivity contribution < 1.29 is 4.79 Å². The van der Waals surface area contributed by atoms with Gasteiger partial charge in [0.25, 0.3) is 0 Å². The average molecular weight is 183 g/mol. The van der Waals surface area contributed by atoms with Crippen molar-refractivity contribution in [3.8, 4) is 0 Å². The van der Waals surface area contributed by atoms with Crippen LogP contribution in [0.3, 0.4) is 0 Å². The topological polar surface area (TPSA) is 29.1 Å². The first-order chi connectivity index (χ1) is 6.03. The van der Waals surface area contributed by atoms with E-state index in [1.165, 1.54) is 19.3 Å². The molecule has 0 aromatic rings. The Kier molecular flexibility index (Phi) is 3.34. The van der Waals surface area contributed by atoms with Crippen LogP contribution in [0.2, 0.25) is 0 Å². The summed E-state index contributed by atoms with van der Waals surface area (Å²) in [6.45, 7) is 7.04. The number of hydrogen-bond acceptors (Lipinski definition) is 1. The molecule has 0 aliphatic heterocycles. The molecule has 1 amide bonds. The van der Waals surface area contributed by atoms with Crippen LogP contribution in [0.1, 0.15) is 46.5 Å². The molecule has 0 unspecified atom stereocenters. The number of nitrogens with one attached hydrogen (secondary N) is 1. The molecule has 76 valence electrons. The van der Waals surface area contributed by atoms with E-state index in [2.05, 4.69) is 12.2 Å². The van der Waals surface area contributed by atoms with Gasteiger partial charge in [-0.15, -0.1) is 0 Å². The van der Waals surface area contributed by atoms with Crippen LogP contribution in [0.5, 0.6) is 0 Å². The summed E-state index contributed by atoms with van der Waals surface area (Å²) >= 11 is 0. The molecule has 13 heavy (non-hydrogen) atoms. The largest absolute Gasteiger partial charge is 0.356 e. The molecule has 1 saturated carbocycles. The van der Waals surface area contributed by atoms with E-state index in [0.717, 1.165) is 13.0 Å². The summed E-state index contributed by atoms with van der Waals surface area (Å²) in [6.07, 6.45) is 5.16. The second-order valence-electron chi connectivity index (χ2n) is 4.86. The van der Waals surface area contributed by atoms with E-state index >= 15 is 0 Å². The van der Waals surface area contributed by atoms with Gasteiger partial charge in [-0.2, -0.15) is 0 Å². The van der Waals surface area contributed by atoms with Crippen molar-refractivity contribution in [3.05, 3.63) is 0 Å². The molecule has 2 heteroatoms. The Morgan fingerprint density at radius 1 is 1.46 bits per heavy atom. The normalized spacial score (nSPS) is 18.8. The van der Waals surface area contributed by atoms with Gasteiger partial charge >= 0.3 is 0 Å². The van der Waals surface area contributed by atoms with Gasteiger partial charge in [0, 0.05) is 12.5 Å². The second-order valence-corrected chi connectivity index (χ2v) is 4.86. The lowest BCUT2D eigenvalue weighted by Crippen LogP contribution is -2.28. The highest BCUT2D eigenvalue weighted by molar-refractivity contribution is 5.77. The summed E-state index contributed by atoms with van der Waals surface area (Å²) in [6, 6.07) is 0. The van der Waals surface area contributed by atoms with Crippen molar-refractivity contribution in [1.82, 2.24) is 5.32 Å². The van der Waals surface area contributed by atoms with Gasteiger partial charge in [-0.25, -0.2) is 0 Å². The standard InChI is InChI=1S/C11H21NO/c1-9(2)10(13)12-8-4-5-11(3)6-7-11/h9H,4-8H2,1-3H3,(H,12,13). The smallest absolute Gasteiger partial charge is 0.222 e. The fraction of sp³-hybridized carbons (Fsp3) is 0.909. The maximum atomic E-state index is 11.2. The van der Waals surface area contributed by atoms with Crippen molar-refractivity contribution in [1.29, 1.82) is 0 Å². The van der Waals surface area contributed by atoms with Crippen LogP contribution in [-0.4, -0.2) is 12.5 Å². The Balaban J connectivity index is 1.98. The molecule has 0 atom stereocenters. The molecule has 0 heterocycles. The Hall–Kier alpha value is -0.530. The molecule has 1 fully saturated rings. The van der Waals surface area contributed by atoms with Gasteiger partial charge in [0.05, 0.1) is 0 Å². The molecule has 1 aliphatic carbocycles. The lowest BCUT2D eigenvalue weighted by Gasteiger charge is -2.09. The number of carbonyl (C=O) groups is 1. The molecule has 0 radical (unpaired) electrons. The number of rotatable bonds is 5. The Labute approximate surface area is 81.1 Å². The van der Waals surface area contributed by atoms with Crippen molar-refractivity contribution >= 4 is 5.91 Å². The summed E-state index contributed by atoms with van der Waals surface area (Å²) in [4.78, 5) is 11.2. The summed E-state index contributed by atoms with van der Waals surface area (Å²) in [5.41, 5.74) is 0.628. The van der Waals surface area contributed by atoms with E-state index in [0.29, 0.717) is 5.41 Å². The molecule has 0 saturated heterocycles. The molecule has 2 nitrogen and oxygen atoms in total. The maximum Gasteiger partial charge on any atom is 0.222 e. The van der Waals surface area contributed by atoms with Crippen LogP contribution in [0.15, 0.2) is 0 Å². The minimum atomic E-state index is 0.122.